The van der Waals surface area contributed by atoms with Crippen LogP contribution < -0.4 is 0 Å². The Balaban J connectivity index is 1.50. The molecular weight excluding hydrogens is 441 g/mol. The van der Waals surface area contributed by atoms with E-state index >= 15 is 0 Å². The van der Waals surface area contributed by atoms with Crippen molar-refractivity contribution in [2.45, 2.75) is 23.2 Å². The summed E-state index contributed by atoms with van der Waals surface area (Å²) in [5.74, 6) is 0. The molecule has 1 amide bonds. The summed E-state index contributed by atoms with van der Waals surface area (Å²) in [6, 6.07) is 19.8. The van der Waals surface area contributed by atoms with Crippen LogP contribution in [0.3, 0.4) is 0 Å². The Bertz CT molecular complexity index is 721. The average molecular weight is 463 g/mol. The van der Waals surface area contributed by atoms with Gasteiger partial charge in [-0.15, -0.1) is 0 Å². The molecule has 2 aromatic rings. The molecule has 0 radical (unpaired) electrons. The summed E-state index contributed by atoms with van der Waals surface area (Å²) in [7, 11) is 0. The third-order valence-electron chi connectivity index (χ3n) is 4.18. The SMILES string of the molecule is O=C(OCc1ccccc1)N1CC[C@@H](I)[C@@H]1OC/C=C/c1ccccc1. The normalized spacial score (nSPS) is 19.8. The molecule has 1 aliphatic rings. The molecule has 0 aliphatic carbocycles. The highest BCUT2D eigenvalue weighted by Crippen LogP contribution is 2.27. The number of benzene rings is 2. The van der Waals surface area contributed by atoms with Crippen molar-refractivity contribution in [1.29, 1.82) is 0 Å². The number of nitrogens with zero attached hydrogens (tertiary/aromatic N) is 1. The molecule has 0 bridgehead atoms. The van der Waals surface area contributed by atoms with E-state index in [2.05, 4.69) is 22.6 Å². The maximum absolute atomic E-state index is 12.4. The predicted octanol–water partition coefficient (Wildman–Crippen LogP) is 4.89. The van der Waals surface area contributed by atoms with Crippen LogP contribution >= 0.6 is 22.6 Å². The van der Waals surface area contributed by atoms with Crippen LogP contribution in [0.15, 0.2) is 66.7 Å². The van der Waals surface area contributed by atoms with Gasteiger partial charge in [0.1, 0.15) is 12.8 Å². The minimum atomic E-state index is -0.315. The zero-order valence-electron chi connectivity index (χ0n) is 14.5. The average Bonchev–Trinajstić information content (AvgIpc) is 3.05. The molecule has 0 unspecified atom stereocenters. The zero-order chi connectivity index (χ0) is 18.2. The van der Waals surface area contributed by atoms with Crippen molar-refractivity contribution in [1.82, 2.24) is 4.90 Å². The maximum atomic E-state index is 12.4. The van der Waals surface area contributed by atoms with Gasteiger partial charge in [0, 0.05) is 6.54 Å². The molecule has 0 aromatic heterocycles. The van der Waals surface area contributed by atoms with E-state index in [4.69, 9.17) is 9.47 Å². The number of carbonyl (C=O) groups is 1. The lowest BCUT2D eigenvalue weighted by atomic mass is 10.2. The van der Waals surface area contributed by atoms with Gasteiger partial charge in [-0.2, -0.15) is 0 Å². The second-order valence-electron chi connectivity index (χ2n) is 6.08. The summed E-state index contributed by atoms with van der Waals surface area (Å²) in [6.07, 6.45) is 4.35. The number of rotatable bonds is 6. The molecule has 4 nitrogen and oxygen atoms in total. The summed E-state index contributed by atoms with van der Waals surface area (Å²) in [5.41, 5.74) is 2.11. The summed E-state index contributed by atoms with van der Waals surface area (Å²) in [6.45, 7) is 1.40. The summed E-state index contributed by atoms with van der Waals surface area (Å²) in [4.78, 5) is 14.1. The van der Waals surface area contributed by atoms with Crippen LogP contribution in [0.25, 0.3) is 6.08 Å². The summed E-state index contributed by atoms with van der Waals surface area (Å²) < 4.78 is 11.7. The van der Waals surface area contributed by atoms with Crippen molar-refractivity contribution in [2.75, 3.05) is 13.2 Å². The number of ether oxygens (including phenoxy) is 2. The number of carbonyl (C=O) groups excluding carboxylic acids is 1. The van der Waals surface area contributed by atoms with Crippen LogP contribution in [0.5, 0.6) is 0 Å². The van der Waals surface area contributed by atoms with Crippen molar-refractivity contribution in [3.8, 4) is 0 Å². The van der Waals surface area contributed by atoms with Crippen molar-refractivity contribution in [3.05, 3.63) is 77.9 Å². The Hall–Kier alpha value is -1.86. The molecule has 1 saturated heterocycles. The maximum Gasteiger partial charge on any atom is 0.412 e. The first-order chi connectivity index (χ1) is 12.7. The quantitative estimate of drug-likeness (QED) is 0.453. The van der Waals surface area contributed by atoms with E-state index in [0.717, 1.165) is 17.5 Å². The van der Waals surface area contributed by atoms with Crippen LogP contribution in [0.4, 0.5) is 4.79 Å². The lowest BCUT2D eigenvalue weighted by Gasteiger charge is -2.25. The highest BCUT2D eigenvalue weighted by Gasteiger charge is 2.37. The van der Waals surface area contributed by atoms with E-state index in [1.807, 2.05) is 72.8 Å². The molecule has 2 atom stereocenters. The molecular formula is C21H22INO3. The second kappa shape index (κ2) is 9.73. The van der Waals surface area contributed by atoms with Gasteiger partial charge in [-0.05, 0) is 17.5 Å². The van der Waals surface area contributed by atoms with E-state index < -0.39 is 0 Å². The molecule has 0 N–H and O–H groups in total. The standard InChI is InChI=1S/C21H22INO3/c22-19-13-14-23(21(24)26-16-18-10-5-2-6-11-18)20(19)25-15-7-12-17-8-3-1-4-9-17/h1-12,19-20H,13-16H2/b12-7+/t19-,20+/m1/s1. The highest BCUT2D eigenvalue weighted by molar-refractivity contribution is 14.1. The van der Waals surface area contributed by atoms with E-state index in [1.54, 1.807) is 4.90 Å². The molecule has 3 rings (SSSR count). The van der Waals surface area contributed by atoms with Gasteiger partial charge in [0.15, 0.2) is 0 Å². The fraction of sp³-hybridized carbons (Fsp3) is 0.286. The van der Waals surface area contributed by atoms with Gasteiger partial charge in [0.2, 0.25) is 0 Å². The van der Waals surface area contributed by atoms with Gasteiger partial charge in [0.05, 0.1) is 10.5 Å². The summed E-state index contributed by atoms with van der Waals surface area (Å²) in [5, 5.41) is 0. The number of hydrogen-bond acceptors (Lipinski definition) is 3. The molecule has 26 heavy (non-hydrogen) atoms. The molecule has 2 aromatic carbocycles. The van der Waals surface area contributed by atoms with Crippen molar-refractivity contribution >= 4 is 34.8 Å². The van der Waals surface area contributed by atoms with Crippen LogP contribution in [0.2, 0.25) is 0 Å². The number of alkyl halides is 1. The minimum absolute atomic E-state index is 0.251. The number of amides is 1. The third-order valence-corrected chi connectivity index (χ3v) is 5.41. The van der Waals surface area contributed by atoms with Crippen LogP contribution in [0, 0.1) is 0 Å². The largest absolute Gasteiger partial charge is 0.444 e. The second-order valence-corrected chi connectivity index (χ2v) is 7.68. The lowest BCUT2D eigenvalue weighted by Crippen LogP contribution is -2.40. The Morgan fingerprint density at radius 2 is 1.81 bits per heavy atom. The molecule has 136 valence electrons. The first kappa shape index (κ1) is 18.9. The van der Waals surface area contributed by atoms with E-state index in [1.165, 1.54) is 0 Å². The Morgan fingerprint density at radius 1 is 1.12 bits per heavy atom. The molecule has 5 heteroatoms. The first-order valence-corrected chi connectivity index (χ1v) is 9.93. The van der Waals surface area contributed by atoms with Gasteiger partial charge >= 0.3 is 6.09 Å². The molecule has 0 saturated carbocycles. The van der Waals surface area contributed by atoms with Gasteiger partial charge < -0.3 is 9.47 Å². The molecule has 1 aliphatic heterocycles. The Kier molecular flexibility index (Phi) is 7.08. The third kappa shape index (κ3) is 5.32. The monoisotopic (exact) mass is 463 g/mol. The van der Waals surface area contributed by atoms with Crippen LogP contribution in [-0.4, -0.2) is 34.3 Å². The first-order valence-electron chi connectivity index (χ1n) is 8.68. The number of likely N-dealkylation sites (tertiary alicyclic amines) is 1. The predicted molar refractivity (Wildman–Crippen MR) is 111 cm³/mol. The highest BCUT2D eigenvalue weighted by atomic mass is 127. The van der Waals surface area contributed by atoms with E-state index in [9.17, 15) is 4.79 Å². The Morgan fingerprint density at radius 3 is 2.54 bits per heavy atom. The summed E-state index contributed by atoms with van der Waals surface area (Å²) >= 11 is 2.35. The zero-order valence-corrected chi connectivity index (χ0v) is 16.6. The fourth-order valence-electron chi connectivity index (χ4n) is 2.82. The van der Waals surface area contributed by atoms with Crippen LogP contribution in [-0.2, 0) is 16.1 Å². The molecule has 1 heterocycles. The van der Waals surface area contributed by atoms with Crippen molar-refractivity contribution in [2.24, 2.45) is 0 Å². The molecule has 0 spiro atoms. The number of halogens is 1. The van der Waals surface area contributed by atoms with Crippen molar-refractivity contribution in [3.63, 3.8) is 0 Å². The van der Waals surface area contributed by atoms with E-state index in [-0.39, 0.29) is 22.9 Å². The van der Waals surface area contributed by atoms with Gasteiger partial charge in [-0.1, -0.05) is 95.4 Å². The Labute approximate surface area is 167 Å². The fourth-order valence-corrected chi connectivity index (χ4v) is 3.70. The van der Waals surface area contributed by atoms with Crippen molar-refractivity contribution < 1.29 is 14.3 Å². The lowest BCUT2D eigenvalue weighted by molar-refractivity contribution is -0.0178. The minimum Gasteiger partial charge on any atom is -0.444 e. The van der Waals surface area contributed by atoms with Gasteiger partial charge in [0.25, 0.3) is 0 Å². The van der Waals surface area contributed by atoms with Gasteiger partial charge in [-0.25, -0.2) is 4.79 Å². The smallest absolute Gasteiger partial charge is 0.412 e. The van der Waals surface area contributed by atoms with E-state index in [0.29, 0.717) is 13.2 Å². The molecule has 1 fully saturated rings. The van der Waals surface area contributed by atoms with Crippen LogP contribution in [0.1, 0.15) is 17.5 Å². The topological polar surface area (TPSA) is 38.8 Å². The van der Waals surface area contributed by atoms with Gasteiger partial charge in [-0.3, -0.25) is 4.90 Å². The number of hydrogen-bond donors (Lipinski definition) is 0.